The number of nitrogens with zero attached hydrogens (tertiary/aromatic N) is 1. The largest absolute Gasteiger partial charge is 0.481 e. The van der Waals surface area contributed by atoms with Gasteiger partial charge in [0, 0.05) is 6.54 Å². The number of guanidine groups is 1. The molecule has 16 unspecified atom stereocenters. The highest BCUT2D eigenvalue weighted by atomic mass is 32.2. The van der Waals surface area contributed by atoms with E-state index in [4.69, 9.17) is 39.5 Å². The van der Waals surface area contributed by atoms with E-state index in [2.05, 4.69) is 84.7 Å². The van der Waals surface area contributed by atoms with Gasteiger partial charge in [-0.1, -0.05) is 69.2 Å². The molecule has 0 saturated carbocycles. The second-order valence-corrected chi connectivity index (χ2v) is 33.1. The zero-order valence-electron chi connectivity index (χ0n) is 73.0. The highest BCUT2D eigenvalue weighted by Crippen LogP contribution is 2.16. The zero-order chi connectivity index (χ0) is 94.1. The number of rotatable bonds is 64. The molecule has 0 heterocycles. The molecule has 16 atom stereocenters. The molecule has 0 saturated heterocycles. The molecule has 0 aromatic carbocycles. The van der Waals surface area contributed by atoms with Crippen LogP contribution in [0.25, 0.3) is 0 Å². The summed E-state index contributed by atoms with van der Waals surface area (Å²) in [5, 5.41) is 86.5. The molecule has 0 fully saturated rings. The number of aliphatic hydroxyl groups is 2. The van der Waals surface area contributed by atoms with E-state index in [0.29, 0.717) is 19.3 Å². The van der Waals surface area contributed by atoms with E-state index < -0.39 is 241 Å². The third-order valence-corrected chi connectivity index (χ3v) is 19.5. The van der Waals surface area contributed by atoms with Crippen molar-refractivity contribution in [1.82, 2.24) is 79.8 Å². The summed E-state index contributed by atoms with van der Waals surface area (Å²) >= 11 is 1.28. The van der Waals surface area contributed by atoms with Gasteiger partial charge in [-0.15, -0.1) is 0 Å². The lowest BCUT2D eigenvalue weighted by atomic mass is 9.98. The van der Waals surface area contributed by atoms with E-state index in [1.54, 1.807) is 75.5 Å². The molecule has 0 aliphatic carbocycles. The summed E-state index contributed by atoms with van der Waals surface area (Å²) in [6.45, 7) is 17.9. The second kappa shape index (κ2) is 60.4. The number of aliphatic carboxylic acids is 3. The summed E-state index contributed by atoms with van der Waals surface area (Å²) in [4.78, 5) is 248. The van der Waals surface area contributed by atoms with Gasteiger partial charge in [-0.25, -0.2) is 4.79 Å². The molecule has 123 heavy (non-hydrogen) atoms. The normalized spacial score (nSPS) is 15.2. The van der Waals surface area contributed by atoms with Crippen LogP contribution in [-0.4, -0.2) is 286 Å². The fourth-order valence-corrected chi connectivity index (χ4v) is 12.6. The Balaban J connectivity index is 6.89. The molecule has 0 aromatic rings. The van der Waals surface area contributed by atoms with Crippen LogP contribution < -0.4 is 114 Å². The van der Waals surface area contributed by atoms with Gasteiger partial charge < -0.3 is 140 Å². The topological polar surface area (TPSA) is 757 Å². The Hall–Kier alpha value is -10.2. The molecule has 45 nitrogen and oxygen atoms in total. The SMILES string of the molecule is CSCCC(NC(=O)C(NC(=O)C(NC(=O)C(CCCCN)NC(=O)C(CCCN=C(N)N)NC(=O)C(C)NC(=O)C(CCCCN)NC(=O)CNC(=O)C(CC(C)C)NC(=O)C(CC(C)C)NC(=O)C(CO)NC(=O)C(CC(C)C)NC(=O)C(N)CC(=O)O)C(C)C)C(C)C)C(=O)NC(C(=O)NC(CCCCN)C(=O)NC(CC(=O)O)C(=O)O)C(C)O. The molecule has 32 N–H and O–H groups in total. The number of thioether (sulfide) groups is 1. The third kappa shape index (κ3) is 46.2. The number of carbonyl (C=O) groups is 18. The highest BCUT2D eigenvalue weighted by Gasteiger charge is 2.40. The molecule has 0 aliphatic heterocycles. The Morgan fingerprint density at radius 1 is 0.358 bits per heavy atom. The monoisotopic (exact) mass is 1770 g/mol. The Morgan fingerprint density at radius 2 is 0.683 bits per heavy atom. The van der Waals surface area contributed by atoms with Gasteiger partial charge in [-0.3, -0.25) is 86.5 Å². The summed E-state index contributed by atoms with van der Waals surface area (Å²) in [6.07, 6.45) is -0.251. The summed E-state index contributed by atoms with van der Waals surface area (Å²) in [5.41, 5.74) is 34.1. The van der Waals surface area contributed by atoms with Crippen LogP contribution in [0, 0.1) is 29.6 Å². The number of aliphatic hydroxyl groups excluding tert-OH is 2. The number of hydrogen-bond donors (Lipinski definition) is 26. The number of nitrogens with two attached hydrogens (primary N) is 6. The van der Waals surface area contributed by atoms with Gasteiger partial charge in [-0.05, 0) is 171 Å². The molecule has 0 spiro atoms. The van der Waals surface area contributed by atoms with Gasteiger partial charge in [0.1, 0.15) is 84.6 Å². The van der Waals surface area contributed by atoms with Crippen LogP contribution in [0.1, 0.15) is 192 Å². The maximum atomic E-state index is 14.6. The predicted octanol–water partition coefficient (Wildman–Crippen LogP) is -6.71. The third-order valence-electron chi connectivity index (χ3n) is 18.9. The predicted molar refractivity (Wildman–Crippen MR) is 454 cm³/mol. The number of amides is 15. The van der Waals surface area contributed by atoms with E-state index in [0.717, 1.165) is 6.92 Å². The van der Waals surface area contributed by atoms with Crippen molar-refractivity contribution in [3.8, 4) is 0 Å². The highest BCUT2D eigenvalue weighted by molar-refractivity contribution is 7.98. The minimum Gasteiger partial charge on any atom is -0.481 e. The fraction of sp³-hybridized carbons (Fsp3) is 0.753. The summed E-state index contributed by atoms with van der Waals surface area (Å²) < 4.78 is 0. The van der Waals surface area contributed by atoms with Gasteiger partial charge in [0.25, 0.3) is 0 Å². The maximum Gasteiger partial charge on any atom is 0.326 e. The van der Waals surface area contributed by atoms with Gasteiger partial charge in [0.2, 0.25) is 88.6 Å². The van der Waals surface area contributed by atoms with Crippen molar-refractivity contribution in [3.63, 3.8) is 0 Å². The van der Waals surface area contributed by atoms with Gasteiger partial charge in [0.05, 0.1) is 38.1 Å². The fourth-order valence-electron chi connectivity index (χ4n) is 12.1. The van der Waals surface area contributed by atoms with E-state index >= 15 is 0 Å². The first-order valence-electron chi connectivity index (χ1n) is 41.5. The minimum absolute atomic E-state index is 0.00338. The van der Waals surface area contributed by atoms with Gasteiger partial charge >= 0.3 is 17.9 Å². The van der Waals surface area contributed by atoms with Crippen LogP contribution in [0.5, 0.6) is 0 Å². The van der Waals surface area contributed by atoms with E-state index in [1.807, 2.05) is 0 Å². The standard InChI is InChI=1S/C77H140N22O23S/c1-38(2)31-51(93-70(115)53(33-40(5)6)94-72(117)55(37-100)96-71(116)52(32-39(3)4)92-63(108)45(81)34-57(103)104)64(109)85-36-56(102)87-46(21-14-17-26-78)65(110)86-43(11)62(107)88-49(24-20-29-84-77(82)83)66(111)89-48(23-16-19-28-80)68(113)97-60(42(9)10)74(119)98-59(41(7)8)73(118)91-50(25-30-123-13)69(114)99-61(44(12)101)75(120)90-47(22-15-18-27-79)67(112)95-54(76(121)122)35-58(105)106/h38-55,59-61,100-101H,14-37,78-81H2,1-13H3,(H,85,109)(H,86,110)(H,87,102)(H,88,107)(H,89,111)(H,90,120)(H,91,118)(H,92,108)(H,93,115)(H,94,117)(H,95,112)(H,96,116)(H,97,113)(H,98,119)(H,99,114)(H,103,104)(H,105,106)(H,121,122)(H4,82,83,84). The molecule has 0 aliphatic rings. The first-order valence-corrected chi connectivity index (χ1v) is 42.9. The molecule has 46 heteroatoms. The van der Waals surface area contributed by atoms with Crippen LogP contribution in [0.15, 0.2) is 4.99 Å². The first kappa shape index (κ1) is 113. The van der Waals surface area contributed by atoms with Crippen molar-refractivity contribution >= 4 is 124 Å². The number of carboxylic acids is 3. The lowest BCUT2D eigenvalue weighted by Crippen LogP contribution is -2.62. The number of carboxylic acid groups (broad SMARTS) is 3. The molecule has 0 bridgehead atoms. The van der Waals surface area contributed by atoms with Crippen molar-refractivity contribution < 1.29 is 112 Å². The number of hydrogen-bond acceptors (Lipinski definition) is 26. The van der Waals surface area contributed by atoms with E-state index in [9.17, 15) is 107 Å². The Morgan fingerprint density at radius 3 is 1.08 bits per heavy atom. The molecule has 0 radical (unpaired) electrons. The van der Waals surface area contributed by atoms with Crippen LogP contribution in [0.4, 0.5) is 0 Å². The Bertz CT molecular complexity index is 3480. The summed E-state index contributed by atoms with van der Waals surface area (Å²) in [5.74, 6) is -20.9. The minimum atomic E-state index is -1.89. The second-order valence-electron chi connectivity index (χ2n) is 32.1. The molecule has 0 aromatic heterocycles. The van der Waals surface area contributed by atoms with Crippen LogP contribution in [0.2, 0.25) is 0 Å². The number of unbranched alkanes of at least 4 members (excludes halogenated alkanes) is 3. The average Bonchev–Trinajstić information content (AvgIpc) is 0.849. The molecular weight excluding hydrogens is 1630 g/mol. The molecule has 0 rings (SSSR count). The first-order chi connectivity index (χ1) is 57.6. The average molecular weight is 1770 g/mol. The smallest absolute Gasteiger partial charge is 0.326 e. The van der Waals surface area contributed by atoms with Crippen LogP contribution in [0.3, 0.4) is 0 Å². The molecule has 15 amide bonds. The quantitative estimate of drug-likeness (QED) is 0.0153. The number of nitrogens with one attached hydrogen (secondary N) is 15. The summed E-state index contributed by atoms with van der Waals surface area (Å²) in [6, 6.07) is -22.4. The van der Waals surface area contributed by atoms with E-state index in [1.165, 1.54) is 18.7 Å². The van der Waals surface area contributed by atoms with Crippen molar-refractivity contribution in [2.45, 2.75) is 289 Å². The van der Waals surface area contributed by atoms with Crippen molar-refractivity contribution in [2.75, 3.05) is 51.3 Å². The maximum absolute atomic E-state index is 14.6. The van der Waals surface area contributed by atoms with Gasteiger partial charge in [-0.2, -0.15) is 11.8 Å². The van der Waals surface area contributed by atoms with Crippen molar-refractivity contribution in [3.05, 3.63) is 0 Å². The molecular formula is C77H140N22O23S. The lowest BCUT2D eigenvalue weighted by Gasteiger charge is -2.30. The Labute approximate surface area is 722 Å². The number of aliphatic imine (C=N–C) groups is 1. The van der Waals surface area contributed by atoms with Crippen LogP contribution in [-0.2, 0) is 86.3 Å². The van der Waals surface area contributed by atoms with E-state index in [-0.39, 0.29) is 133 Å². The van der Waals surface area contributed by atoms with Crippen molar-refractivity contribution in [2.24, 2.45) is 69.0 Å². The van der Waals surface area contributed by atoms with Crippen molar-refractivity contribution in [1.29, 1.82) is 0 Å². The Kier molecular flexibility index (Phi) is 55.4. The summed E-state index contributed by atoms with van der Waals surface area (Å²) in [7, 11) is 0. The molecule has 702 valence electrons. The van der Waals surface area contributed by atoms with Crippen LogP contribution >= 0.6 is 11.8 Å². The number of carbonyl (C=O) groups excluding carboxylic acids is 15. The lowest BCUT2D eigenvalue weighted by molar-refractivity contribution is -0.147. The zero-order valence-corrected chi connectivity index (χ0v) is 73.8. The van der Waals surface area contributed by atoms with Gasteiger partial charge in [0.15, 0.2) is 5.96 Å².